The second-order valence-electron chi connectivity index (χ2n) is 7.47. The molecule has 2 aromatic rings. The average molecular weight is 438 g/mol. The van der Waals surface area contributed by atoms with Crippen LogP contribution in [0.25, 0.3) is 0 Å². The van der Waals surface area contributed by atoms with E-state index in [2.05, 4.69) is 35.0 Å². The predicted molar refractivity (Wildman–Crippen MR) is 112 cm³/mol. The maximum Gasteiger partial charge on any atom is 0.338 e. The molecule has 0 N–H and O–H groups in total. The zero-order valence-electron chi connectivity index (χ0n) is 15.8. The van der Waals surface area contributed by atoms with Gasteiger partial charge in [-0.25, -0.2) is 4.79 Å². The van der Waals surface area contributed by atoms with E-state index in [-0.39, 0.29) is 10.8 Å². The van der Waals surface area contributed by atoms with E-state index >= 15 is 0 Å². The van der Waals surface area contributed by atoms with Crippen LogP contribution < -0.4 is 0 Å². The van der Waals surface area contributed by atoms with E-state index in [1.54, 1.807) is 0 Å². The fourth-order valence-corrected chi connectivity index (χ4v) is 3.88. The van der Waals surface area contributed by atoms with Gasteiger partial charge in [0.2, 0.25) is 0 Å². The van der Waals surface area contributed by atoms with Gasteiger partial charge in [-0.3, -0.25) is 0 Å². The highest BCUT2D eigenvalue weighted by atomic mass is 79.9. The van der Waals surface area contributed by atoms with Gasteiger partial charge in [0, 0.05) is 15.8 Å². The molecular formula is C22H26BrClO2. The lowest BCUT2D eigenvalue weighted by molar-refractivity contribution is 0.00695. The molecule has 2 unspecified atom stereocenters. The number of carbonyl (C=O) groups is 1. The van der Waals surface area contributed by atoms with E-state index in [4.69, 9.17) is 16.3 Å². The SMILES string of the molecule is CCCC(c1ccc(C(=O)OC(C)(C)C)cc1)C(Br)c1ccc(Cl)cc1. The van der Waals surface area contributed by atoms with Crippen molar-refractivity contribution in [1.29, 1.82) is 0 Å². The summed E-state index contributed by atoms with van der Waals surface area (Å²) in [4.78, 5) is 12.4. The molecule has 0 aliphatic carbocycles. The molecule has 0 amide bonds. The smallest absolute Gasteiger partial charge is 0.338 e. The molecule has 0 fully saturated rings. The van der Waals surface area contributed by atoms with Gasteiger partial charge in [-0.1, -0.05) is 65.1 Å². The van der Waals surface area contributed by atoms with Crippen LogP contribution in [0.15, 0.2) is 48.5 Å². The van der Waals surface area contributed by atoms with Crippen molar-refractivity contribution in [2.45, 2.75) is 56.9 Å². The minimum absolute atomic E-state index is 0.187. The van der Waals surface area contributed by atoms with Gasteiger partial charge in [-0.05, 0) is 62.6 Å². The summed E-state index contributed by atoms with van der Waals surface area (Å²) in [7, 11) is 0. The van der Waals surface area contributed by atoms with Gasteiger partial charge >= 0.3 is 5.97 Å². The summed E-state index contributed by atoms with van der Waals surface area (Å²) in [5.41, 5.74) is 2.49. The normalized spacial score (nSPS) is 13.9. The number of benzene rings is 2. The Kier molecular flexibility index (Phi) is 7.31. The summed E-state index contributed by atoms with van der Waals surface area (Å²) in [5.74, 6) is 0.0260. The molecule has 4 heteroatoms. The Morgan fingerprint density at radius 2 is 1.58 bits per heavy atom. The fraction of sp³-hybridized carbons (Fsp3) is 0.409. The second kappa shape index (κ2) is 9.05. The summed E-state index contributed by atoms with van der Waals surface area (Å²) < 4.78 is 5.44. The lowest BCUT2D eigenvalue weighted by Gasteiger charge is -2.24. The van der Waals surface area contributed by atoms with Gasteiger partial charge in [0.1, 0.15) is 5.60 Å². The molecule has 0 heterocycles. The topological polar surface area (TPSA) is 26.3 Å². The van der Waals surface area contributed by atoms with E-state index in [1.807, 2.05) is 57.2 Å². The number of ether oxygens (including phenoxy) is 1. The Bertz CT molecular complexity index is 717. The van der Waals surface area contributed by atoms with Crippen LogP contribution in [-0.2, 0) is 4.74 Å². The molecule has 0 aliphatic heterocycles. The number of hydrogen-bond donors (Lipinski definition) is 0. The van der Waals surface area contributed by atoms with Crippen molar-refractivity contribution in [3.8, 4) is 0 Å². The predicted octanol–water partition coefficient (Wildman–Crippen LogP) is 7.32. The van der Waals surface area contributed by atoms with Crippen LogP contribution in [0.1, 0.15) is 72.8 Å². The molecule has 26 heavy (non-hydrogen) atoms. The third kappa shape index (κ3) is 5.85. The van der Waals surface area contributed by atoms with Gasteiger partial charge in [0.15, 0.2) is 0 Å². The first kappa shape index (κ1) is 21.0. The van der Waals surface area contributed by atoms with Crippen LogP contribution >= 0.6 is 27.5 Å². The van der Waals surface area contributed by atoms with Crippen LogP contribution in [0.2, 0.25) is 5.02 Å². The molecule has 0 spiro atoms. The molecule has 0 radical (unpaired) electrons. The fourth-order valence-electron chi connectivity index (χ4n) is 2.88. The first-order valence-corrected chi connectivity index (χ1v) is 10.2. The summed E-state index contributed by atoms with van der Waals surface area (Å²) in [6.45, 7) is 7.80. The van der Waals surface area contributed by atoms with E-state index in [1.165, 1.54) is 11.1 Å². The molecule has 2 rings (SSSR count). The summed E-state index contributed by atoms with van der Waals surface area (Å²) in [6.07, 6.45) is 2.12. The van der Waals surface area contributed by atoms with Crippen molar-refractivity contribution < 1.29 is 9.53 Å². The van der Waals surface area contributed by atoms with Crippen LogP contribution in [0.5, 0.6) is 0 Å². The Balaban J connectivity index is 2.21. The Labute approximate surface area is 170 Å². The van der Waals surface area contributed by atoms with Crippen LogP contribution in [-0.4, -0.2) is 11.6 Å². The Morgan fingerprint density at radius 3 is 2.08 bits per heavy atom. The number of esters is 1. The van der Waals surface area contributed by atoms with Gasteiger partial charge < -0.3 is 4.74 Å². The van der Waals surface area contributed by atoms with Crippen LogP contribution in [0, 0.1) is 0 Å². The molecule has 0 aromatic heterocycles. The van der Waals surface area contributed by atoms with E-state index in [9.17, 15) is 4.79 Å². The highest BCUT2D eigenvalue weighted by molar-refractivity contribution is 9.09. The highest BCUT2D eigenvalue weighted by Gasteiger charge is 2.23. The van der Waals surface area contributed by atoms with E-state index in [0.29, 0.717) is 11.5 Å². The first-order valence-electron chi connectivity index (χ1n) is 8.94. The van der Waals surface area contributed by atoms with Crippen LogP contribution in [0.3, 0.4) is 0 Å². The van der Waals surface area contributed by atoms with Gasteiger partial charge in [-0.2, -0.15) is 0 Å². The van der Waals surface area contributed by atoms with Crippen molar-refractivity contribution in [2.24, 2.45) is 0 Å². The van der Waals surface area contributed by atoms with E-state index < -0.39 is 5.60 Å². The van der Waals surface area contributed by atoms with E-state index in [0.717, 1.165) is 17.9 Å². The summed E-state index contributed by atoms with van der Waals surface area (Å²) in [6, 6.07) is 15.7. The molecule has 140 valence electrons. The third-order valence-corrected chi connectivity index (χ3v) is 5.53. The number of hydrogen-bond acceptors (Lipinski definition) is 2. The minimum atomic E-state index is -0.490. The molecule has 0 saturated carbocycles. The van der Waals surface area contributed by atoms with Crippen molar-refractivity contribution in [3.05, 3.63) is 70.2 Å². The zero-order valence-corrected chi connectivity index (χ0v) is 18.1. The molecule has 2 nitrogen and oxygen atoms in total. The molecule has 0 bridgehead atoms. The largest absolute Gasteiger partial charge is 0.456 e. The van der Waals surface area contributed by atoms with Crippen molar-refractivity contribution >= 4 is 33.5 Å². The number of rotatable bonds is 6. The van der Waals surface area contributed by atoms with Gasteiger partial charge in [-0.15, -0.1) is 0 Å². The lowest BCUT2D eigenvalue weighted by atomic mass is 9.88. The van der Waals surface area contributed by atoms with Crippen molar-refractivity contribution in [2.75, 3.05) is 0 Å². The first-order chi connectivity index (χ1) is 12.2. The number of halogens is 2. The van der Waals surface area contributed by atoms with Crippen molar-refractivity contribution in [1.82, 2.24) is 0 Å². The quantitative estimate of drug-likeness (QED) is 0.349. The summed E-state index contributed by atoms with van der Waals surface area (Å²) >= 11 is 9.88. The Morgan fingerprint density at radius 1 is 1.04 bits per heavy atom. The maximum absolute atomic E-state index is 12.2. The lowest BCUT2D eigenvalue weighted by Crippen LogP contribution is -2.23. The van der Waals surface area contributed by atoms with Gasteiger partial charge in [0.25, 0.3) is 0 Å². The Hall–Kier alpha value is -1.32. The zero-order chi connectivity index (χ0) is 19.3. The molecule has 2 atom stereocenters. The molecule has 2 aromatic carbocycles. The summed E-state index contributed by atoms with van der Waals surface area (Å²) in [5, 5.41) is 0.738. The highest BCUT2D eigenvalue weighted by Crippen LogP contribution is 2.41. The molecule has 0 aliphatic rings. The molecular weight excluding hydrogens is 412 g/mol. The number of carbonyl (C=O) groups excluding carboxylic acids is 1. The molecule has 0 saturated heterocycles. The van der Waals surface area contributed by atoms with Crippen molar-refractivity contribution in [3.63, 3.8) is 0 Å². The monoisotopic (exact) mass is 436 g/mol. The average Bonchev–Trinajstić information content (AvgIpc) is 2.58. The standard InChI is InChI=1S/C22H26BrClO2/c1-5-6-19(20(23)16-11-13-18(24)14-12-16)15-7-9-17(10-8-15)21(25)26-22(2,3)4/h7-14,19-20H,5-6H2,1-4H3. The second-order valence-corrected chi connectivity index (χ2v) is 8.90. The third-order valence-electron chi connectivity index (χ3n) is 4.11. The number of alkyl halides is 1. The maximum atomic E-state index is 12.2. The van der Waals surface area contributed by atoms with Gasteiger partial charge in [0.05, 0.1) is 5.56 Å². The minimum Gasteiger partial charge on any atom is -0.456 e. The van der Waals surface area contributed by atoms with Crippen LogP contribution in [0.4, 0.5) is 0 Å².